The van der Waals surface area contributed by atoms with Crippen LogP contribution in [0.4, 0.5) is 5.69 Å². The zero-order chi connectivity index (χ0) is 9.42. The van der Waals surface area contributed by atoms with Gasteiger partial charge in [-0.3, -0.25) is 0 Å². The van der Waals surface area contributed by atoms with E-state index in [-0.39, 0.29) is 0 Å². The number of rotatable bonds is 1. The molecule has 3 nitrogen and oxygen atoms in total. The number of pyridine rings is 1. The molecule has 68 valence electrons. The fourth-order valence-electron chi connectivity index (χ4n) is 1.53. The summed E-state index contributed by atoms with van der Waals surface area (Å²) in [6.07, 6.45) is 1.83. The Hall–Kier alpha value is -1.51. The topological polar surface area (TPSA) is 31.9 Å². The number of aromatic amines is 1. The van der Waals surface area contributed by atoms with E-state index in [4.69, 9.17) is 0 Å². The number of anilines is 1. The van der Waals surface area contributed by atoms with E-state index in [1.165, 1.54) is 11.1 Å². The molecule has 0 aliphatic heterocycles. The lowest BCUT2D eigenvalue weighted by Crippen LogP contribution is -2.08. The molecule has 0 spiro atoms. The molecule has 2 aromatic rings. The number of nitrogens with zero attached hydrogens (tertiary/aromatic N) is 2. The first kappa shape index (κ1) is 8.10. The van der Waals surface area contributed by atoms with Gasteiger partial charge in [-0.2, -0.15) is 0 Å². The SMILES string of the molecule is Cc1cc2c(N(C)C)ccnc2[nH]1. The van der Waals surface area contributed by atoms with Crippen LogP contribution in [0.2, 0.25) is 0 Å². The van der Waals surface area contributed by atoms with E-state index in [1.807, 2.05) is 33.3 Å². The molecule has 0 aromatic carbocycles. The molecule has 0 atom stereocenters. The average Bonchev–Trinajstić information content (AvgIpc) is 2.43. The van der Waals surface area contributed by atoms with E-state index < -0.39 is 0 Å². The molecule has 13 heavy (non-hydrogen) atoms. The van der Waals surface area contributed by atoms with Crippen molar-refractivity contribution in [1.29, 1.82) is 0 Å². The van der Waals surface area contributed by atoms with Crippen LogP contribution in [0.15, 0.2) is 18.3 Å². The van der Waals surface area contributed by atoms with Gasteiger partial charge in [0.1, 0.15) is 5.65 Å². The van der Waals surface area contributed by atoms with E-state index in [0.717, 1.165) is 11.3 Å². The summed E-state index contributed by atoms with van der Waals surface area (Å²) in [6.45, 7) is 2.04. The van der Waals surface area contributed by atoms with Crippen molar-refractivity contribution in [2.24, 2.45) is 0 Å². The van der Waals surface area contributed by atoms with Gasteiger partial charge in [0.05, 0.1) is 0 Å². The first-order valence-electron chi connectivity index (χ1n) is 4.30. The summed E-state index contributed by atoms with van der Waals surface area (Å²) < 4.78 is 0. The van der Waals surface area contributed by atoms with Gasteiger partial charge in [-0.1, -0.05) is 0 Å². The van der Waals surface area contributed by atoms with Crippen molar-refractivity contribution in [3.63, 3.8) is 0 Å². The van der Waals surface area contributed by atoms with Crippen LogP contribution in [0.25, 0.3) is 11.0 Å². The van der Waals surface area contributed by atoms with Crippen LogP contribution in [-0.2, 0) is 0 Å². The van der Waals surface area contributed by atoms with Crippen molar-refractivity contribution in [2.75, 3.05) is 19.0 Å². The lowest BCUT2D eigenvalue weighted by molar-refractivity contribution is 1.14. The quantitative estimate of drug-likeness (QED) is 0.718. The number of aromatic nitrogens is 2. The molecule has 1 N–H and O–H groups in total. The van der Waals surface area contributed by atoms with Gasteiger partial charge in [-0.05, 0) is 19.1 Å². The van der Waals surface area contributed by atoms with Crippen molar-refractivity contribution in [1.82, 2.24) is 9.97 Å². The highest BCUT2D eigenvalue weighted by Gasteiger charge is 2.04. The summed E-state index contributed by atoms with van der Waals surface area (Å²) in [4.78, 5) is 9.57. The largest absolute Gasteiger partial charge is 0.377 e. The third-order valence-corrected chi connectivity index (χ3v) is 2.13. The lowest BCUT2D eigenvalue weighted by atomic mass is 10.2. The molecule has 0 radical (unpaired) electrons. The Morgan fingerprint density at radius 3 is 2.85 bits per heavy atom. The third kappa shape index (κ3) is 1.26. The van der Waals surface area contributed by atoms with E-state index in [1.54, 1.807) is 0 Å². The van der Waals surface area contributed by atoms with Gasteiger partial charge in [-0.15, -0.1) is 0 Å². The van der Waals surface area contributed by atoms with Gasteiger partial charge < -0.3 is 9.88 Å². The first-order valence-corrected chi connectivity index (χ1v) is 4.30. The zero-order valence-electron chi connectivity index (χ0n) is 8.13. The summed E-state index contributed by atoms with van der Waals surface area (Å²) in [6, 6.07) is 4.15. The van der Waals surface area contributed by atoms with Gasteiger partial charge in [0.25, 0.3) is 0 Å². The molecular formula is C10H13N3. The van der Waals surface area contributed by atoms with Crippen LogP contribution in [0, 0.1) is 6.92 Å². The monoisotopic (exact) mass is 175 g/mol. The van der Waals surface area contributed by atoms with Gasteiger partial charge >= 0.3 is 0 Å². The Morgan fingerprint density at radius 2 is 2.15 bits per heavy atom. The Kier molecular flexibility index (Phi) is 1.72. The molecule has 0 unspecified atom stereocenters. The highest BCUT2D eigenvalue weighted by atomic mass is 15.1. The van der Waals surface area contributed by atoms with E-state index in [2.05, 4.69) is 20.9 Å². The minimum atomic E-state index is 0.962. The summed E-state index contributed by atoms with van der Waals surface area (Å²) in [7, 11) is 4.08. The minimum Gasteiger partial charge on any atom is -0.377 e. The summed E-state index contributed by atoms with van der Waals surface area (Å²) in [5.41, 5.74) is 3.31. The maximum Gasteiger partial charge on any atom is 0.139 e. The van der Waals surface area contributed by atoms with Crippen LogP contribution >= 0.6 is 0 Å². The second-order valence-electron chi connectivity index (χ2n) is 3.44. The molecule has 0 amide bonds. The van der Waals surface area contributed by atoms with Crippen molar-refractivity contribution >= 4 is 16.7 Å². The van der Waals surface area contributed by atoms with Gasteiger partial charge in [0.2, 0.25) is 0 Å². The molecule has 0 bridgehead atoms. The Balaban J connectivity index is 2.75. The highest BCUT2D eigenvalue weighted by Crippen LogP contribution is 2.23. The van der Waals surface area contributed by atoms with Gasteiger partial charge in [0.15, 0.2) is 0 Å². The Morgan fingerprint density at radius 1 is 1.38 bits per heavy atom. The molecule has 0 fully saturated rings. The van der Waals surface area contributed by atoms with Gasteiger partial charge in [0, 0.05) is 37.1 Å². The molecule has 2 heterocycles. The first-order chi connectivity index (χ1) is 6.18. The second-order valence-corrected chi connectivity index (χ2v) is 3.44. The standard InChI is InChI=1S/C10H13N3/c1-7-6-8-9(13(2)3)4-5-11-10(8)12-7/h4-6H,1-3H3,(H,11,12). The summed E-state index contributed by atoms with van der Waals surface area (Å²) in [5, 5.41) is 1.19. The molecule has 2 rings (SSSR count). The van der Waals surface area contributed by atoms with Crippen LogP contribution in [0.3, 0.4) is 0 Å². The molecule has 2 aromatic heterocycles. The van der Waals surface area contributed by atoms with Crippen molar-refractivity contribution in [2.45, 2.75) is 6.92 Å². The van der Waals surface area contributed by atoms with Crippen LogP contribution in [-0.4, -0.2) is 24.1 Å². The molecular weight excluding hydrogens is 162 g/mol. The number of hydrogen-bond acceptors (Lipinski definition) is 2. The predicted molar refractivity (Wildman–Crippen MR) is 55.2 cm³/mol. The maximum absolute atomic E-state index is 4.26. The number of hydrogen-bond donors (Lipinski definition) is 1. The van der Waals surface area contributed by atoms with Gasteiger partial charge in [-0.25, -0.2) is 4.98 Å². The predicted octanol–water partition coefficient (Wildman–Crippen LogP) is 1.94. The van der Waals surface area contributed by atoms with E-state index >= 15 is 0 Å². The number of aryl methyl sites for hydroxylation is 1. The fourth-order valence-corrected chi connectivity index (χ4v) is 1.53. The van der Waals surface area contributed by atoms with E-state index in [0.29, 0.717) is 0 Å². The van der Waals surface area contributed by atoms with Crippen molar-refractivity contribution in [3.8, 4) is 0 Å². The molecule has 0 aliphatic rings. The maximum atomic E-state index is 4.26. The van der Waals surface area contributed by atoms with E-state index in [9.17, 15) is 0 Å². The van der Waals surface area contributed by atoms with Crippen LogP contribution < -0.4 is 4.90 Å². The van der Waals surface area contributed by atoms with Crippen LogP contribution in [0.5, 0.6) is 0 Å². The zero-order valence-corrected chi connectivity index (χ0v) is 8.13. The van der Waals surface area contributed by atoms with Crippen molar-refractivity contribution < 1.29 is 0 Å². The average molecular weight is 175 g/mol. The fraction of sp³-hybridized carbons (Fsp3) is 0.300. The Bertz CT molecular complexity index is 429. The summed E-state index contributed by atoms with van der Waals surface area (Å²) in [5.74, 6) is 0. The Labute approximate surface area is 77.4 Å². The molecule has 0 aliphatic carbocycles. The van der Waals surface area contributed by atoms with Crippen molar-refractivity contribution in [3.05, 3.63) is 24.0 Å². The number of fused-ring (bicyclic) bond motifs is 1. The normalized spacial score (nSPS) is 10.7. The number of nitrogens with one attached hydrogen (secondary N) is 1. The minimum absolute atomic E-state index is 0.962. The smallest absolute Gasteiger partial charge is 0.139 e. The second kappa shape index (κ2) is 2.76. The molecule has 3 heteroatoms. The lowest BCUT2D eigenvalue weighted by Gasteiger charge is -2.12. The third-order valence-electron chi connectivity index (χ3n) is 2.13. The number of H-pyrrole nitrogens is 1. The molecule has 0 saturated heterocycles. The van der Waals surface area contributed by atoms with Crippen LogP contribution in [0.1, 0.15) is 5.69 Å². The molecule has 0 saturated carbocycles. The summed E-state index contributed by atoms with van der Waals surface area (Å²) >= 11 is 0. The highest BCUT2D eigenvalue weighted by molar-refractivity contribution is 5.90.